The topological polar surface area (TPSA) is 21.3 Å². The second kappa shape index (κ2) is 5.61. The van der Waals surface area contributed by atoms with Gasteiger partial charge < -0.3 is 10.1 Å². The molecule has 1 aliphatic heterocycles. The molecule has 0 aromatic heterocycles. The maximum absolute atomic E-state index is 11.9. The summed E-state index contributed by atoms with van der Waals surface area (Å²) in [5, 5.41) is 3.02. The van der Waals surface area contributed by atoms with E-state index in [1.807, 2.05) is 12.1 Å². The summed E-state index contributed by atoms with van der Waals surface area (Å²) in [5.74, 6) is 0.927. The Hall–Kier alpha value is -1.23. The molecule has 2 rings (SSSR count). The summed E-state index contributed by atoms with van der Waals surface area (Å²) < 4.78 is 41.1. The summed E-state index contributed by atoms with van der Waals surface area (Å²) >= 11 is 0. The van der Waals surface area contributed by atoms with Crippen molar-refractivity contribution in [3.8, 4) is 5.75 Å². The lowest BCUT2D eigenvalue weighted by Crippen LogP contribution is -2.17. The lowest BCUT2D eigenvalue weighted by atomic mass is 10.1. The first-order valence-corrected chi connectivity index (χ1v) is 6.07. The highest BCUT2D eigenvalue weighted by Crippen LogP contribution is 2.25. The molecule has 0 aliphatic carbocycles. The van der Waals surface area contributed by atoms with Gasteiger partial charge in [0.2, 0.25) is 0 Å². The predicted molar refractivity (Wildman–Crippen MR) is 62.6 cm³/mol. The third-order valence-corrected chi connectivity index (χ3v) is 2.90. The van der Waals surface area contributed by atoms with E-state index >= 15 is 0 Å². The molecule has 0 radical (unpaired) electrons. The summed E-state index contributed by atoms with van der Waals surface area (Å²) in [4.78, 5) is 0. The van der Waals surface area contributed by atoms with Gasteiger partial charge in [-0.1, -0.05) is 12.1 Å². The number of hydrogen-bond donors (Lipinski definition) is 1. The van der Waals surface area contributed by atoms with E-state index in [4.69, 9.17) is 4.74 Å². The quantitative estimate of drug-likeness (QED) is 0.821. The van der Waals surface area contributed by atoms with Crippen LogP contribution in [0.3, 0.4) is 0 Å². The zero-order valence-corrected chi connectivity index (χ0v) is 10.0. The molecule has 18 heavy (non-hydrogen) atoms. The Morgan fingerprint density at radius 2 is 2.11 bits per heavy atom. The Bertz CT molecular complexity index is 404. The van der Waals surface area contributed by atoms with E-state index in [-0.39, 0.29) is 6.42 Å². The molecule has 2 nitrogen and oxygen atoms in total. The number of nitrogens with one attached hydrogen (secondary N) is 1. The molecule has 1 aromatic carbocycles. The molecule has 1 aliphatic rings. The molecule has 0 atom stereocenters. The van der Waals surface area contributed by atoms with Gasteiger partial charge in [-0.2, -0.15) is 13.2 Å². The van der Waals surface area contributed by atoms with Gasteiger partial charge >= 0.3 is 6.18 Å². The third-order valence-electron chi connectivity index (χ3n) is 2.90. The van der Waals surface area contributed by atoms with Gasteiger partial charge in [-0.15, -0.1) is 0 Å². The molecular weight excluding hydrogens is 243 g/mol. The zero-order chi connectivity index (χ0) is 13.0. The van der Waals surface area contributed by atoms with Crippen molar-refractivity contribution in [1.29, 1.82) is 0 Å². The maximum atomic E-state index is 11.9. The fourth-order valence-electron chi connectivity index (χ4n) is 2.00. The maximum Gasteiger partial charge on any atom is 0.389 e. The number of fused-ring (bicyclic) bond motifs is 1. The Labute approximate surface area is 104 Å². The van der Waals surface area contributed by atoms with Crippen LogP contribution in [0.15, 0.2) is 18.2 Å². The van der Waals surface area contributed by atoms with Crippen molar-refractivity contribution in [2.45, 2.75) is 32.0 Å². The molecule has 1 aromatic rings. The summed E-state index contributed by atoms with van der Waals surface area (Å²) in [6.07, 6.45) is -3.74. The molecule has 0 amide bonds. The molecule has 0 spiro atoms. The molecule has 1 N–H and O–H groups in total. The normalized spacial score (nSPS) is 14.4. The summed E-state index contributed by atoms with van der Waals surface area (Å²) in [7, 11) is 0. The van der Waals surface area contributed by atoms with Crippen LogP contribution in [-0.4, -0.2) is 19.3 Å². The van der Waals surface area contributed by atoms with E-state index in [0.717, 1.165) is 24.3 Å². The molecule has 0 bridgehead atoms. The van der Waals surface area contributed by atoms with Crippen LogP contribution in [0, 0.1) is 0 Å². The lowest BCUT2D eigenvalue weighted by molar-refractivity contribution is -0.135. The SMILES string of the molecule is FC(F)(F)CCCNCc1ccc2c(c1)CCO2. The van der Waals surface area contributed by atoms with Gasteiger partial charge in [-0.05, 0) is 30.2 Å². The number of hydrogen-bond acceptors (Lipinski definition) is 2. The second-order valence-corrected chi connectivity index (χ2v) is 4.44. The van der Waals surface area contributed by atoms with Gasteiger partial charge in [0, 0.05) is 19.4 Å². The molecule has 0 fully saturated rings. The van der Waals surface area contributed by atoms with Crippen LogP contribution >= 0.6 is 0 Å². The highest BCUT2D eigenvalue weighted by molar-refractivity contribution is 5.39. The van der Waals surface area contributed by atoms with Crippen LogP contribution in [-0.2, 0) is 13.0 Å². The average Bonchev–Trinajstić information content (AvgIpc) is 2.74. The minimum Gasteiger partial charge on any atom is -0.493 e. The largest absolute Gasteiger partial charge is 0.493 e. The number of ether oxygens (including phenoxy) is 1. The van der Waals surface area contributed by atoms with Gasteiger partial charge in [0.15, 0.2) is 0 Å². The van der Waals surface area contributed by atoms with Crippen LogP contribution in [0.2, 0.25) is 0 Å². The van der Waals surface area contributed by atoms with Crippen molar-refractivity contribution in [3.05, 3.63) is 29.3 Å². The van der Waals surface area contributed by atoms with Crippen molar-refractivity contribution in [3.63, 3.8) is 0 Å². The molecule has 0 unspecified atom stereocenters. The Kier molecular flexibility index (Phi) is 4.11. The molecular formula is C13H16F3NO. The monoisotopic (exact) mass is 259 g/mol. The third kappa shape index (κ3) is 3.91. The highest BCUT2D eigenvalue weighted by Gasteiger charge is 2.25. The minimum absolute atomic E-state index is 0.123. The highest BCUT2D eigenvalue weighted by atomic mass is 19.4. The van der Waals surface area contributed by atoms with Crippen LogP contribution < -0.4 is 10.1 Å². The fourth-order valence-corrected chi connectivity index (χ4v) is 2.00. The van der Waals surface area contributed by atoms with Crippen molar-refractivity contribution in [1.82, 2.24) is 5.32 Å². The number of alkyl halides is 3. The van der Waals surface area contributed by atoms with Crippen molar-refractivity contribution < 1.29 is 17.9 Å². The number of rotatable bonds is 5. The Balaban J connectivity index is 1.71. The molecule has 0 saturated heterocycles. The zero-order valence-electron chi connectivity index (χ0n) is 10.0. The molecule has 0 saturated carbocycles. The fraction of sp³-hybridized carbons (Fsp3) is 0.538. The molecule has 100 valence electrons. The van der Waals surface area contributed by atoms with E-state index in [0.29, 0.717) is 13.1 Å². The summed E-state index contributed by atoms with van der Waals surface area (Å²) in [6.45, 7) is 1.70. The number of halogens is 3. The van der Waals surface area contributed by atoms with Gasteiger partial charge in [0.25, 0.3) is 0 Å². The lowest BCUT2D eigenvalue weighted by Gasteiger charge is -2.08. The van der Waals surface area contributed by atoms with Gasteiger partial charge in [-0.25, -0.2) is 0 Å². The van der Waals surface area contributed by atoms with Crippen molar-refractivity contribution >= 4 is 0 Å². The smallest absolute Gasteiger partial charge is 0.389 e. The summed E-state index contributed by atoms with van der Waals surface area (Å²) in [6, 6.07) is 5.93. The van der Waals surface area contributed by atoms with Gasteiger partial charge in [0.05, 0.1) is 6.61 Å². The van der Waals surface area contributed by atoms with Crippen molar-refractivity contribution in [2.24, 2.45) is 0 Å². The Morgan fingerprint density at radius 3 is 2.89 bits per heavy atom. The van der Waals surface area contributed by atoms with E-state index in [9.17, 15) is 13.2 Å². The summed E-state index contributed by atoms with van der Waals surface area (Å²) in [5.41, 5.74) is 2.27. The Morgan fingerprint density at radius 1 is 1.28 bits per heavy atom. The van der Waals surface area contributed by atoms with Crippen LogP contribution in [0.5, 0.6) is 5.75 Å². The average molecular weight is 259 g/mol. The predicted octanol–water partition coefficient (Wildman–Crippen LogP) is 3.05. The number of benzene rings is 1. The standard InChI is InChI=1S/C13H16F3NO/c14-13(15,16)5-1-6-17-9-10-2-3-12-11(8-10)4-7-18-12/h2-3,8,17H,1,4-7,9H2. The van der Waals surface area contributed by atoms with Crippen molar-refractivity contribution in [2.75, 3.05) is 13.2 Å². The van der Waals surface area contributed by atoms with Crippen LogP contribution in [0.25, 0.3) is 0 Å². The van der Waals surface area contributed by atoms with Gasteiger partial charge in [-0.3, -0.25) is 0 Å². The first kappa shape index (κ1) is 13.2. The van der Waals surface area contributed by atoms with Crippen LogP contribution in [0.1, 0.15) is 24.0 Å². The van der Waals surface area contributed by atoms with E-state index in [1.54, 1.807) is 0 Å². The van der Waals surface area contributed by atoms with Crippen LogP contribution in [0.4, 0.5) is 13.2 Å². The van der Waals surface area contributed by atoms with E-state index < -0.39 is 12.6 Å². The minimum atomic E-state index is -4.05. The second-order valence-electron chi connectivity index (χ2n) is 4.44. The molecule has 1 heterocycles. The van der Waals surface area contributed by atoms with E-state index in [1.165, 1.54) is 5.56 Å². The van der Waals surface area contributed by atoms with E-state index in [2.05, 4.69) is 11.4 Å². The first-order chi connectivity index (χ1) is 8.54. The first-order valence-electron chi connectivity index (χ1n) is 6.07. The van der Waals surface area contributed by atoms with Gasteiger partial charge in [0.1, 0.15) is 5.75 Å². The molecule has 5 heteroatoms.